The second-order valence-corrected chi connectivity index (χ2v) is 5.36. The van der Waals surface area contributed by atoms with Crippen molar-refractivity contribution in [3.05, 3.63) is 27.7 Å². The molecule has 0 bridgehead atoms. The van der Waals surface area contributed by atoms with E-state index < -0.39 is 0 Å². The third-order valence-corrected chi connectivity index (χ3v) is 3.55. The molecule has 6 heteroatoms. The van der Waals surface area contributed by atoms with E-state index in [1.807, 2.05) is 6.07 Å². The van der Waals surface area contributed by atoms with Crippen LogP contribution in [0.4, 0.5) is 0 Å². The largest absolute Gasteiger partial charge is 0.487 e. The summed E-state index contributed by atoms with van der Waals surface area (Å²) in [6.07, 6.45) is 0.506. The van der Waals surface area contributed by atoms with Gasteiger partial charge < -0.3 is 14.8 Å². The van der Waals surface area contributed by atoms with Crippen molar-refractivity contribution in [2.45, 2.75) is 18.6 Å². The lowest BCUT2D eigenvalue weighted by atomic mass is 10.2. The molecule has 0 spiro atoms. The molecule has 0 amide bonds. The number of halogens is 2. The number of hydrogen-bond donors (Lipinski definition) is 1. The fourth-order valence-corrected chi connectivity index (χ4v) is 2.58. The second-order valence-electron chi connectivity index (χ2n) is 4.03. The van der Waals surface area contributed by atoms with Crippen LogP contribution in [0.5, 0.6) is 5.75 Å². The first-order valence-electron chi connectivity index (χ1n) is 5.53. The van der Waals surface area contributed by atoms with Gasteiger partial charge in [0.2, 0.25) is 0 Å². The van der Waals surface area contributed by atoms with Crippen LogP contribution in [0.15, 0.2) is 22.7 Å². The van der Waals surface area contributed by atoms with Crippen LogP contribution in [0.2, 0.25) is 5.02 Å². The topological polar surface area (TPSA) is 47.6 Å². The van der Waals surface area contributed by atoms with Gasteiger partial charge in [-0.25, -0.2) is 0 Å². The van der Waals surface area contributed by atoms with Gasteiger partial charge >= 0.3 is 5.97 Å². The highest BCUT2D eigenvalue weighted by atomic mass is 79.9. The minimum Gasteiger partial charge on any atom is -0.487 e. The van der Waals surface area contributed by atoms with Gasteiger partial charge in [0.15, 0.2) is 0 Å². The number of carbonyl (C=O) groups excluding carboxylic acids is 1. The van der Waals surface area contributed by atoms with E-state index in [9.17, 15) is 4.79 Å². The summed E-state index contributed by atoms with van der Waals surface area (Å²) in [5.41, 5.74) is 0. The third kappa shape index (κ3) is 3.16. The molecule has 0 aliphatic carbocycles. The standard InChI is InChI=1S/C12H13BrClNO3/c1-17-12(16)10-5-8(6-15-10)18-11-3-2-7(13)4-9(11)14/h2-4,8,10,15H,5-6H2,1H3/t8-,10+/m1/s1. The van der Waals surface area contributed by atoms with Crippen molar-refractivity contribution in [1.82, 2.24) is 5.32 Å². The van der Waals surface area contributed by atoms with Gasteiger partial charge in [0.1, 0.15) is 17.9 Å². The van der Waals surface area contributed by atoms with Gasteiger partial charge in [-0.15, -0.1) is 0 Å². The van der Waals surface area contributed by atoms with Gasteiger partial charge in [-0.1, -0.05) is 27.5 Å². The van der Waals surface area contributed by atoms with Gasteiger partial charge in [0.25, 0.3) is 0 Å². The zero-order valence-corrected chi connectivity index (χ0v) is 12.1. The van der Waals surface area contributed by atoms with E-state index in [0.29, 0.717) is 23.7 Å². The highest BCUT2D eigenvalue weighted by Crippen LogP contribution is 2.29. The molecule has 1 aromatic carbocycles. The van der Waals surface area contributed by atoms with Crippen LogP contribution in [-0.4, -0.2) is 31.8 Å². The van der Waals surface area contributed by atoms with Gasteiger partial charge in [0.05, 0.1) is 12.1 Å². The predicted octanol–water partition coefficient (Wildman–Crippen LogP) is 2.38. The highest BCUT2D eigenvalue weighted by Gasteiger charge is 2.31. The summed E-state index contributed by atoms with van der Waals surface area (Å²) in [7, 11) is 1.38. The molecule has 2 rings (SSSR count). The smallest absolute Gasteiger partial charge is 0.323 e. The maximum atomic E-state index is 11.4. The summed E-state index contributed by atoms with van der Waals surface area (Å²) in [4.78, 5) is 11.4. The van der Waals surface area contributed by atoms with Gasteiger partial charge in [-0.2, -0.15) is 0 Å². The van der Waals surface area contributed by atoms with Crippen LogP contribution >= 0.6 is 27.5 Å². The molecule has 0 unspecified atom stereocenters. The zero-order valence-electron chi connectivity index (χ0n) is 9.78. The molecule has 1 aliphatic rings. The molecule has 1 N–H and O–H groups in total. The molecule has 1 saturated heterocycles. The molecule has 4 nitrogen and oxygen atoms in total. The number of nitrogens with one attached hydrogen (secondary N) is 1. The van der Waals surface area contributed by atoms with Crippen molar-refractivity contribution in [1.29, 1.82) is 0 Å². The zero-order chi connectivity index (χ0) is 13.1. The fourth-order valence-electron chi connectivity index (χ4n) is 1.87. The molecule has 1 heterocycles. The van der Waals surface area contributed by atoms with Crippen molar-refractivity contribution >= 4 is 33.5 Å². The van der Waals surface area contributed by atoms with Gasteiger partial charge in [-0.3, -0.25) is 4.79 Å². The SMILES string of the molecule is COC(=O)[C@@H]1C[C@@H](Oc2ccc(Br)cc2Cl)CN1. The number of rotatable bonds is 3. The maximum absolute atomic E-state index is 11.4. The Hall–Kier alpha value is -0.780. The number of hydrogen-bond acceptors (Lipinski definition) is 4. The normalized spacial score (nSPS) is 22.8. The number of benzene rings is 1. The van der Waals surface area contributed by atoms with Crippen LogP contribution in [0.3, 0.4) is 0 Å². The fraction of sp³-hybridized carbons (Fsp3) is 0.417. The molecule has 1 aliphatic heterocycles. The Morgan fingerprint density at radius 3 is 3.00 bits per heavy atom. The van der Waals surface area contributed by atoms with Crippen LogP contribution in [0.1, 0.15) is 6.42 Å². The maximum Gasteiger partial charge on any atom is 0.323 e. The number of methoxy groups -OCH3 is 1. The van der Waals surface area contributed by atoms with Gasteiger partial charge in [0, 0.05) is 17.4 Å². The Kier molecular flexibility index (Phi) is 4.48. The van der Waals surface area contributed by atoms with Crippen LogP contribution in [-0.2, 0) is 9.53 Å². The summed E-state index contributed by atoms with van der Waals surface area (Å²) in [5.74, 6) is 0.361. The Morgan fingerprint density at radius 2 is 2.33 bits per heavy atom. The lowest BCUT2D eigenvalue weighted by Gasteiger charge is -2.14. The van der Waals surface area contributed by atoms with Crippen molar-refractivity contribution < 1.29 is 14.3 Å². The highest BCUT2D eigenvalue weighted by molar-refractivity contribution is 9.10. The van der Waals surface area contributed by atoms with Crippen LogP contribution in [0.25, 0.3) is 0 Å². The Labute approximate surface area is 119 Å². The Bertz CT molecular complexity index is 455. The molecule has 98 valence electrons. The summed E-state index contributed by atoms with van der Waals surface area (Å²) in [6, 6.07) is 5.14. The summed E-state index contributed by atoms with van der Waals surface area (Å²) in [6.45, 7) is 0.603. The van der Waals surface area contributed by atoms with Crippen LogP contribution in [0, 0.1) is 0 Å². The summed E-state index contributed by atoms with van der Waals surface area (Å²) >= 11 is 9.40. The van der Waals surface area contributed by atoms with Crippen molar-refractivity contribution in [2.75, 3.05) is 13.7 Å². The number of esters is 1. The van der Waals surface area contributed by atoms with E-state index in [1.54, 1.807) is 12.1 Å². The monoisotopic (exact) mass is 333 g/mol. The van der Waals surface area contributed by atoms with E-state index in [2.05, 4.69) is 26.0 Å². The summed E-state index contributed by atoms with van der Waals surface area (Å²) in [5, 5.41) is 3.60. The molecule has 0 saturated carbocycles. The molecule has 1 aromatic rings. The first kappa shape index (κ1) is 13.6. The molecular weight excluding hydrogens is 321 g/mol. The third-order valence-electron chi connectivity index (χ3n) is 2.76. The molecule has 0 aromatic heterocycles. The van der Waals surface area contributed by atoms with Crippen molar-refractivity contribution in [3.63, 3.8) is 0 Å². The van der Waals surface area contributed by atoms with E-state index in [-0.39, 0.29) is 18.1 Å². The minimum absolute atomic E-state index is 0.0761. The van der Waals surface area contributed by atoms with E-state index in [0.717, 1.165) is 4.47 Å². The van der Waals surface area contributed by atoms with Gasteiger partial charge in [-0.05, 0) is 18.2 Å². The lowest BCUT2D eigenvalue weighted by molar-refractivity contribution is -0.142. The predicted molar refractivity (Wildman–Crippen MR) is 72.0 cm³/mol. The Morgan fingerprint density at radius 1 is 1.56 bits per heavy atom. The molecular formula is C12H13BrClNO3. The molecule has 2 atom stereocenters. The number of carbonyl (C=O) groups is 1. The van der Waals surface area contributed by atoms with E-state index in [1.165, 1.54) is 7.11 Å². The van der Waals surface area contributed by atoms with Crippen molar-refractivity contribution in [2.24, 2.45) is 0 Å². The average molecular weight is 335 g/mol. The van der Waals surface area contributed by atoms with Crippen molar-refractivity contribution in [3.8, 4) is 5.75 Å². The van der Waals surface area contributed by atoms with Crippen LogP contribution < -0.4 is 10.1 Å². The number of ether oxygens (including phenoxy) is 2. The average Bonchev–Trinajstić information content (AvgIpc) is 2.80. The first-order valence-corrected chi connectivity index (χ1v) is 6.70. The lowest BCUT2D eigenvalue weighted by Crippen LogP contribution is -2.31. The second kappa shape index (κ2) is 5.91. The quantitative estimate of drug-likeness (QED) is 0.862. The molecule has 18 heavy (non-hydrogen) atoms. The Balaban J connectivity index is 1.97. The summed E-state index contributed by atoms with van der Waals surface area (Å²) < 4.78 is 11.3. The molecule has 1 fully saturated rings. The van der Waals surface area contributed by atoms with E-state index in [4.69, 9.17) is 16.3 Å². The minimum atomic E-state index is -0.297. The molecule has 0 radical (unpaired) electrons. The first-order chi connectivity index (χ1) is 8.60. The van der Waals surface area contributed by atoms with E-state index >= 15 is 0 Å².